The first-order chi connectivity index (χ1) is 7.33. The molecule has 1 unspecified atom stereocenters. The number of hydrogen-bond acceptors (Lipinski definition) is 1. The van der Waals surface area contributed by atoms with Gasteiger partial charge in [-0.25, -0.2) is 0 Å². The van der Waals surface area contributed by atoms with Crippen LogP contribution in [0.15, 0.2) is 0 Å². The molecule has 2 N–H and O–H groups in total. The molecule has 0 aromatic heterocycles. The largest absolute Gasteiger partial charge is 0.369 e. The predicted octanol–water partition coefficient (Wildman–Crippen LogP) is 3.88. The third kappa shape index (κ3) is 10.0. The van der Waals surface area contributed by atoms with Crippen molar-refractivity contribution in [2.24, 2.45) is 17.1 Å². The minimum absolute atomic E-state index is 0.0505. The third-order valence-electron chi connectivity index (χ3n) is 3.05. The standard InChI is InChI=1S/C14H29NO/c1-12(13(15)16)10-8-6-5-7-9-11-14(2,3)4/h12H,5-11H2,1-4H3,(H2,15,16). The van der Waals surface area contributed by atoms with Crippen LogP contribution in [0.4, 0.5) is 0 Å². The molecule has 0 radical (unpaired) electrons. The quantitative estimate of drug-likeness (QED) is 0.628. The summed E-state index contributed by atoms with van der Waals surface area (Å²) >= 11 is 0. The van der Waals surface area contributed by atoms with E-state index in [0.717, 1.165) is 12.8 Å². The Morgan fingerprint density at radius 3 is 2.06 bits per heavy atom. The summed E-state index contributed by atoms with van der Waals surface area (Å²) in [5.41, 5.74) is 5.68. The van der Waals surface area contributed by atoms with Crippen LogP contribution < -0.4 is 5.73 Å². The van der Waals surface area contributed by atoms with Crippen molar-refractivity contribution in [2.75, 3.05) is 0 Å². The van der Waals surface area contributed by atoms with Crippen molar-refractivity contribution in [1.29, 1.82) is 0 Å². The van der Waals surface area contributed by atoms with Crippen LogP contribution in [0.2, 0.25) is 0 Å². The predicted molar refractivity (Wildman–Crippen MR) is 70.1 cm³/mol. The second-order valence-corrected chi connectivity index (χ2v) is 6.17. The Hall–Kier alpha value is -0.530. The molecule has 1 atom stereocenters. The first-order valence-electron chi connectivity index (χ1n) is 6.62. The Morgan fingerprint density at radius 2 is 1.56 bits per heavy atom. The fraction of sp³-hybridized carbons (Fsp3) is 0.929. The van der Waals surface area contributed by atoms with Crippen molar-refractivity contribution < 1.29 is 4.79 Å². The van der Waals surface area contributed by atoms with E-state index >= 15 is 0 Å². The van der Waals surface area contributed by atoms with E-state index in [9.17, 15) is 4.79 Å². The summed E-state index contributed by atoms with van der Waals surface area (Å²) in [4.78, 5) is 10.8. The Kier molecular flexibility index (Phi) is 7.44. The molecule has 0 aromatic rings. The van der Waals surface area contributed by atoms with Crippen LogP contribution in [-0.2, 0) is 4.79 Å². The van der Waals surface area contributed by atoms with E-state index in [2.05, 4.69) is 20.8 Å². The van der Waals surface area contributed by atoms with Gasteiger partial charge < -0.3 is 5.73 Å². The number of primary amides is 1. The molecule has 1 amide bonds. The second kappa shape index (κ2) is 7.70. The van der Waals surface area contributed by atoms with Crippen LogP contribution in [0, 0.1) is 11.3 Å². The van der Waals surface area contributed by atoms with Gasteiger partial charge in [0.1, 0.15) is 0 Å². The molecule has 0 aromatic carbocycles. The number of nitrogens with two attached hydrogens (primary N) is 1. The van der Waals surface area contributed by atoms with E-state index in [4.69, 9.17) is 5.73 Å². The van der Waals surface area contributed by atoms with Gasteiger partial charge in [-0.2, -0.15) is 0 Å². The van der Waals surface area contributed by atoms with Gasteiger partial charge in [0.2, 0.25) is 5.91 Å². The van der Waals surface area contributed by atoms with Crippen LogP contribution in [0.25, 0.3) is 0 Å². The molecule has 0 aliphatic heterocycles. The van der Waals surface area contributed by atoms with Gasteiger partial charge in [0.05, 0.1) is 0 Å². The van der Waals surface area contributed by atoms with Gasteiger partial charge in [0, 0.05) is 5.92 Å². The first kappa shape index (κ1) is 15.5. The fourth-order valence-electron chi connectivity index (χ4n) is 1.78. The molecule has 0 saturated carbocycles. The minimum atomic E-state index is -0.160. The topological polar surface area (TPSA) is 43.1 Å². The number of rotatable bonds is 8. The lowest BCUT2D eigenvalue weighted by Gasteiger charge is -2.17. The van der Waals surface area contributed by atoms with Crippen LogP contribution >= 0.6 is 0 Å². The average molecular weight is 227 g/mol. The zero-order valence-corrected chi connectivity index (χ0v) is 11.5. The number of hydrogen-bond donors (Lipinski definition) is 1. The number of unbranched alkanes of at least 4 members (excludes halogenated alkanes) is 4. The number of amides is 1. The summed E-state index contributed by atoms with van der Waals surface area (Å²) in [5.74, 6) is -0.109. The minimum Gasteiger partial charge on any atom is -0.369 e. The maximum Gasteiger partial charge on any atom is 0.220 e. The van der Waals surface area contributed by atoms with Gasteiger partial charge in [-0.15, -0.1) is 0 Å². The highest BCUT2D eigenvalue weighted by Crippen LogP contribution is 2.22. The lowest BCUT2D eigenvalue weighted by atomic mass is 9.89. The summed E-state index contributed by atoms with van der Waals surface area (Å²) in [7, 11) is 0. The molecule has 0 bridgehead atoms. The van der Waals surface area contributed by atoms with Crippen molar-refractivity contribution in [3.8, 4) is 0 Å². The van der Waals surface area contributed by atoms with Crippen LogP contribution in [0.1, 0.15) is 72.6 Å². The zero-order chi connectivity index (χ0) is 12.6. The Bertz CT molecular complexity index is 193. The average Bonchev–Trinajstić information content (AvgIpc) is 2.14. The van der Waals surface area contributed by atoms with Crippen molar-refractivity contribution in [1.82, 2.24) is 0 Å². The molecule has 0 saturated heterocycles. The lowest BCUT2D eigenvalue weighted by Crippen LogP contribution is -2.20. The molecule has 2 nitrogen and oxygen atoms in total. The normalized spacial score (nSPS) is 13.8. The Morgan fingerprint density at radius 1 is 1.06 bits per heavy atom. The highest BCUT2D eigenvalue weighted by molar-refractivity contribution is 5.76. The molecule has 2 heteroatoms. The monoisotopic (exact) mass is 227 g/mol. The molecule has 0 spiro atoms. The van der Waals surface area contributed by atoms with Crippen molar-refractivity contribution in [3.63, 3.8) is 0 Å². The lowest BCUT2D eigenvalue weighted by molar-refractivity contribution is -0.121. The van der Waals surface area contributed by atoms with Crippen LogP contribution in [-0.4, -0.2) is 5.91 Å². The highest BCUT2D eigenvalue weighted by Gasteiger charge is 2.09. The van der Waals surface area contributed by atoms with Crippen molar-refractivity contribution >= 4 is 5.91 Å². The summed E-state index contributed by atoms with van der Waals surface area (Å²) < 4.78 is 0. The van der Waals surface area contributed by atoms with E-state index in [-0.39, 0.29) is 11.8 Å². The van der Waals surface area contributed by atoms with Gasteiger partial charge in [0.15, 0.2) is 0 Å². The van der Waals surface area contributed by atoms with E-state index < -0.39 is 0 Å². The Balaban J connectivity index is 3.25. The van der Waals surface area contributed by atoms with Gasteiger partial charge in [-0.3, -0.25) is 4.79 Å². The summed E-state index contributed by atoms with van der Waals surface area (Å²) in [5, 5.41) is 0. The summed E-state index contributed by atoms with van der Waals surface area (Å²) in [6, 6.07) is 0. The molecule has 0 aliphatic rings. The highest BCUT2D eigenvalue weighted by atomic mass is 16.1. The molecular formula is C14H29NO. The van der Waals surface area contributed by atoms with Crippen LogP contribution in [0.3, 0.4) is 0 Å². The maximum atomic E-state index is 10.8. The maximum absolute atomic E-state index is 10.8. The van der Waals surface area contributed by atoms with E-state index in [0.29, 0.717) is 5.41 Å². The molecule has 0 rings (SSSR count). The summed E-state index contributed by atoms with van der Waals surface area (Å²) in [6.07, 6.45) is 8.58. The molecule has 0 aliphatic carbocycles. The van der Waals surface area contributed by atoms with Crippen LogP contribution in [0.5, 0.6) is 0 Å². The van der Waals surface area contributed by atoms with Crippen molar-refractivity contribution in [3.05, 3.63) is 0 Å². The first-order valence-corrected chi connectivity index (χ1v) is 6.62. The Labute approximate surface area is 101 Å². The summed E-state index contributed by atoms with van der Waals surface area (Å²) in [6.45, 7) is 8.80. The van der Waals surface area contributed by atoms with Gasteiger partial charge in [0.25, 0.3) is 0 Å². The molecule has 0 fully saturated rings. The molecule has 0 heterocycles. The smallest absolute Gasteiger partial charge is 0.220 e. The number of carbonyl (C=O) groups excluding carboxylic acids is 1. The molecular weight excluding hydrogens is 198 g/mol. The van der Waals surface area contributed by atoms with E-state index in [1.54, 1.807) is 0 Å². The van der Waals surface area contributed by atoms with Gasteiger partial charge >= 0.3 is 0 Å². The van der Waals surface area contributed by atoms with Gasteiger partial charge in [-0.1, -0.05) is 59.8 Å². The SMILES string of the molecule is CC(CCCCCCCC(C)(C)C)C(N)=O. The second-order valence-electron chi connectivity index (χ2n) is 6.17. The number of carbonyl (C=O) groups is 1. The van der Waals surface area contributed by atoms with Crippen molar-refractivity contribution in [2.45, 2.75) is 72.6 Å². The molecule has 16 heavy (non-hydrogen) atoms. The fourth-order valence-corrected chi connectivity index (χ4v) is 1.78. The van der Waals surface area contributed by atoms with E-state index in [1.165, 1.54) is 32.1 Å². The zero-order valence-electron chi connectivity index (χ0n) is 11.5. The molecule has 96 valence electrons. The van der Waals surface area contributed by atoms with Gasteiger partial charge in [-0.05, 0) is 18.3 Å². The van der Waals surface area contributed by atoms with E-state index in [1.807, 2.05) is 6.92 Å². The third-order valence-corrected chi connectivity index (χ3v) is 3.05.